The summed E-state index contributed by atoms with van der Waals surface area (Å²) in [6.45, 7) is 9.39. The molecule has 0 bridgehead atoms. The summed E-state index contributed by atoms with van der Waals surface area (Å²) in [7, 11) is 1.79. The van der Waals surface area contributed by atoms with Gasteiger partial charge in [-0.05, 0) is 43.9 Å². The summed E-state index contributed by atoms with van der Waals surface area (Å²) in [5.74, 6) is 1.74. The highest BCUT2D eigenvalue weighted by Crippen LogP contribution is 2.20. The molecule has 0 aliphatic rings. The van der Waals surface area contributed by atoms with Crippen LogP contribution in [0.1, 0.15) is 36.5 Å². The van der Waals surface area contributed by atoms with E-state index in [1.54, 1.807) is 7.05 Å². The van der Waals surface area contributed by atoms with E-state index >= 15 is 0 Å². The summed E-state index contributed by atoms with van der Waals surface area (Å²) in [6.07, 6.45) is 5.92. The molecule has 1 heterocycles. The van der Waals surface area contributed by atoms with Crippen LogP contribution in [0.15, 0.2) is 35.6 Å². The highest BCUT2D eigenvalue weighted by atomic mass is 127. The number of benzene rings is 1. The molecular weight excluding hydrogens is 453 g/mol. The third kappa shape index (κ3) is 8.19. The molecule has 2 aromatic rings. The lowest BCUT2D eigenvalue weighted by Gasteiger charge is -2.15. The summed E-state index contributed by atoms with van der Waals surface area (Å²) < 4.78 is 7.84. The molecule has 0 radical (unpaired) electrons. The maximum absolute atomic E-state index is 5.87. The third-order valence-corrected chi connectivity index (χ3v) is 3.97. The minimum atomic E-state index is 0. The minimum absolute atomic E-state index is 0. The zero-order chi connectivity index (χ0) is 18.8. The van der Waals surface area contributed by atoms with Crippen molar-refractivity contribution < 1.29 is 4.74 Å². The van der Waals surface area contributed by atoms with Crippen molar-refractivity contribution in [3.05, 3.63) is 47.3 Å². The number of halogens is 1. The lowest BCUT2D eigenvalue weighted by Crippen LogP contribution is -2.37. The van der Waals surface area contributed by atoms with E-state index < -0.39 is 0 Å². The predicted molar refractivity (Wildman–Crippen MR) is 122 cm³/mol. The van der Waals surface area contributed by atoms with Gasteiger partial charge in [-0.2, -0.15) is 5.10 Å². The average Bonchev–Trinajstić information content (AvgIpc) is 3.05. The van der Waals surface area contributed by atoms with E-state index in [0.717, 1.165) is 49.8 Å². The average molecular weight is 485 g/mol. The Morgan fingerprint density at radius 3 is 2.70 bits per heavy atom. The molecule has 0 amide bonds. The van der Waals surface area contributed by atoms with Crippen molar-refractivity contribution in [3.8, 4) is 5.75 Å². The van der Waals surface area contributed by atoms with Crippen LogP contribution >= 0.6 is 24.0 Å². The van der Waals surface area contributed by atoms with Gasteiger partial charge in [0.1, 0.15) is 5.75 Å². The van der Waals surface area contributed by atoms with Gasteiger partial charge < -0.3 is 15.4 Å². The zero-order valence-electron chi connectivity index (χ0n) is 16.8. The SMILES string of the molecule is CCCOc1cc(C)ccc1CNC(=NC)NCCCn1cc(C)cn1.I. The van der Waals surface area contributed by atoms with Gasteiger partial charge in [-0.3, -0.25) is 9.67 Å². The molecule has 0 fully saturated rings. The van der Waals surface area contributed by atoms with Crippen molar-refractivity contribution in [2.24, 2.45) is 4.99 Å². The number of nitrogens with one attached hydrogen (secondary N) is 2. The quantitative estimate of drug-likeness (QED) is 0.246. The Bertz CT molecular complexity index is 714. The van der Waals surface area contributed by atoms with Crippen LogP contribution in [0.4, 0.5) is 0 Å². The second-order valence-corrected chi connectivity index (χ2v) is 6.45. The van der Waals surface area contributed by atoms with Crippen LogP contribution in [0.2, 0.25) is 0 Å². The standard InChI is InChI=1S/C20H31N5O.HI/c1-5-11-26-19-12-16(2)7-8-18(19)14-23-20(21-4)22-9-6-10-25-15-17(3)13-24-25;/h7-8,12-13,15H,5-6,9-11,14H2,1-4H3,(H2,21,22,23);1H. The molecule has 1 aromatic heterocycles. The largest absolute Gasteiger partial charge is 0.493 e. The van der Waals surface area contributed by atoms with Crippen molar-refractivity contribution in [2.75, 3.05) is 20.2 Å². The lowest BCUT2D eigenvalue weighted by molar-refractivity contribution is 0.313. The second-order valence-electron chi connectivity index (χ2n) is 6.45. The second kappa shape index (κ2) is 12.6. The van der Waals surface area contributed by atoms with Gasteiger partial charge in [0.25, 0.3) is 0 Å². The van der Waals surface area contributed by atoms with Gasteiger partial charge >= 0.3 is 0 Å². The number of aliphatic imine (C=N–C) groups is 1. The number of rotatable bonds is 9. The molecule has 7 heteroatoms. The van der Waals surface area contributed by atoms with Crippen LogP contribution in [0.25, 0.3) is 0 Å². The van der Waals surface area contributed by atoms with Crippen molar-refractivity contribution in [1.82, 2.24) is 20.4 Å². The molecule has 0 unspecified atom stereocenters. The van der Waals surface area contributed by atoms with Crippen LogP contribution in [0.5, 0.6) is 5.75 Å². The highest BCUT2D eigenvalue weighted by Gasteiger charge is 2.06. The molecular formula is C20H32IN5O. The first kappa shape index (κ1) is 23.3. The number of guanidine groups is 1. The van der Waals surface area contributed by atoms with E-state index in [9.17, 15) is 0 Å². The molecule has 150 valence electrons. The number of hydrogen-bond acceptors (Lipinski definition) is 3. The molecule has 27 heavy (non-hydrogen) atoms. The van der Waals surface area contributed by atoms with Gasteiger partial charge in [0.05, 0.1) is 12.8 Å². The van der Waals surface area contributed by atoms with Gasteiger partial charge in [-0.25, -0.2) is 0 Å². The van der Waals surface area contributed by atoms with Crippen LogP contribution in [0, 0.1) is 13.8 Å². The third-order valence-electron chi connectivity index (χ3n) is 3.97. The van der Waals surface area contributed by atoms with Gasteiger partial charge in [0.15, 0.2) is 5.96 Å². The van der Waals surface area contributed by atoms with Crippen molar-refractivity contribution in [1.29, 1.82) is 0 Å². The van der Waals surface area contributed by atoms with Crippen molar-refractivity contribution >= 4 is 29.9 Å². The molecule has 0 aliphatic heterocycles. The Morgan fingerprint density at radius 1 is 1.22 bits per heavy atom. The minimum Gasteiger partial charge on any atom is -0.493 e. The highest BCUT2D eigenvalue weighted by molar-refractivity contribution is 14.0. The van der Waals surface area contributed by atoms with E-state index in [-0.39, 0.29) is 24.0 Å². The van der Waals surface area contributed by atoms with Crippen LogP contribution in [-0.4, -0.2) is 35.9 Å². The Hall–Kier alpha value is -1.77. The van der Waals surface area contributed by atoms with E-state index in [1.807, 2.05) is 10.9 Å². The first-order valence-corrected chi connectivity index (χ1v) is 9.28. The van der Waals surface area contributed by atoms with Gasteiger partial charge in [0, 0.05) is 38.4 Å². The molecule has 2 rings (SSSR count). The molecule has 2 N–H and O–H groups in total. The molecule has 0 saturated carbocycles. The van der Waals surface area contributed by atoms with Crippen molar-refractivity contribution in [3.63, 3.8) is 0 Å². The summed E-state index contributed by atoms with van der Waals surface area (Å²) in [5.41, 5.74) is 3.53. The van der Waals surface area contributed by atoms with E-state index in [2.05, 4.69) is 65.9 Å². The number of aromatic nitrogens is 2. The fraction of sp³-hybridized carbons (Fsp3) is 0.500. The molecule has 0 aliphatic carbocycles. The zero-order valence-corrected chi connectivity index (χ0v) is 19.1. The number of aryl methyl sites for hydroxylation is 3. The Labute approximate surface area is 179 Å². The van der Waals surface area contributed by atoms with E-state index in [1.165, 1.54) is 11.1 Å². The summed E-state index contributed by atoms with van der Waals surface area (Å²) in [4.78, 5) is 4.29. The van der Waals surface area contributed by atoms with Crippen LogP contribution in [-0.2, 0) is 13.1 Å². The monoisotopic (exact) mass is 485 g/mol. The molecule has 0 spiro atoms. The first-order chi connectivity index (χ1) is 12.6. The molecule has 0 atom stereocenters. The van der Waals surface area contributed by atoms with Gasteiger partial charge in [-0.15, -0.1) is 24.0 Å². The molecule has 6 nitrogen and oxygen atoms in total. The van der Waals surface area contributed by atoms with Crippen LogP contribution in [0.3, 0.4) is 0 Å². The Morgan fingerprint density at radius 2 is 2.04 bits per heavy atom. The lowest BCUT2D eigenvalue weighted by atomic mass is 10.1. The number of ether oxygens (including phenoxy) is 1. The smallest absolute Gasteiger partial charge is 0.191 e. The topological polar surface area (TPSA) is 63.5 Å². The molecule has 1 aromatic carbocycles. The maximum Gasteiger partial charge on any atom is 0.191 e. The fourth-order valence-corrected chi connectivity index (χ4v) is 2.59. The van der Waals surface area contributed by atoms with Crippen LogP contribution < -0.4 is 15.4 Å². The van der Waals surface area contributed by atoms with E-state index in [4.69, 9.17) is 4.74 Å². The van der Waals surface area contributed by atoms with Crippen molar-refractivity contribution in [2.45, 2.75) is 46.7 Å². The molecule has 0 saturated heterocycles. The number of hydrogen-bond donors (Lipinski definition) is 2. The fourth-order valence-electron chi connectivity index (χ4n) is 2.59. The summed E-state index contributed by atoms with van der Waals surface area (Å²) in [6, 6.07) is 6.31. The van der Waals surface area contributed by atoms with Gasteiger partial charge in [-0.1, -0.05) is 19.1 Å². The Balaban J connectivity index is 0.00000364. The summed E-state index contributed by atoms with van der Waals surface area (Å²) >= 11 is 0. The first-order valence-electron chi connectivity index (χ1n) is 9.28. The maximum atomic E-state index is 5.87. The van der Waals surface area contributed by atoms with Gasteiger partial charge in [0.2, 0.25) is 0 Å². The van der Waals surface area contributed by atoms with E-state index in [0.29, 0.717) is 6.54 Å². The normalized spacial score (nSPS) is 11.0. The number of nitrogens with zero attached hydrogens (tertiary/aromatic N) is 3. The summed E-state index contributed by atoms with van der Waals surface area (Å²) in [5, 5.41) is 11.0. The predicted octanol–water partition coefficient (Wildman–Crippen LogP) is 3.66. The Kier molecular flexibility index (Phi) is 10.8.